The number of para-hydroxylation sites is 1. The standard InChI is InChI=1S/C36H36FN9O3/c1-21-40-28-9-5-7-25-27-8-6-10-33(42-27)41-23-16-31(36(47)43(2)19-24(48-3)20-44(21)34(25)28)45(18-23)29-13-14-38-35-26(29)17-39-46(35)30-12-11-22(37)15-32(30)49-4/h5-15,17,23-24,31H,16,18-20H2,1-4H3,(H,41,42)/t23-,24+,31-/m0/s1. The number of nitrogens with one attached hydrogen (secondary N) is 1. The van der Waals surface area contributed by atoms with Crippen molar-refractivity contribution in [2.75, 3.05) is 44.6 Å². The number of hydrogen-bond acceptors (Lipinski definition) is 9. The van der Waals surface area contributed by atoms with Gasteiger partial charge in [0, 0.05) is 51.1 Å². The van der Waals surface area contributed by atoms with Crippen LogP contribution in [-0.4, -0.2) is 92.7 Å². The first-order valence-corrected chi connectivity index (χ1v) is 16.2. The number of fused-ring (bicyclic) bond motifs is 6. The number of aryl methyl sites for hydroxylation is 1. The number of halogens is 1. The van der Waals surface area contributed by atoms with Crippen LogP contribution in [0, 0.1) is 12.7 Å². The van der Waals surface area contributed by atoms with Crippen LogP contribution in [0.5, 0.6) is 5.75 Å². The highest BCUT2D eigenvalue weighted by atomic mass is 19.1. The highest BCUT2D eigenvalue weighted by molar-refractivity contribution is 5.95. The number of aromatic nitrogens is 6. The Bertz CT molecular complexity index is 2220. The molecule has 0 aliphatic carbocycles. The molecule has 1 N–H and O–H groups in total. The molecular formula is C36H36FN9O3. The second-order valence-electron chi connectivity index (χ2n) is 12.6. The van der Waals surface area contributed by atoms with Crippen molar-refractivity contribution in [1.29, 1.82) is 0 Å². The van der Waals surface area contributed by atoms with Gasteiger partial charge >= 0.3 is 0 Å². The van der Waals surface area contributed by atoms with Crippen molar-refractivity contribution in [1.82, 2.24) is 34.2 Å². The summed E-state index contributed by atoms with van der Waals surface area (Å²) in [6, 6.07) is 17.7. The van der Waals surface area contributed by atoms with Gasteiger partial charge < -0.3 is 29.2 Å². The van der Waals surface area contributed by atoms with Gasteiger partial charge in [-0.2, -0.15) is 5.10 Å². The van der Waals surface area contributed by atoms with Crippen LogP contribution in [0.25, 0.3) is 39.0 Å². The normalized spacial score (nSPS) is 19.6. The fraction of sp³-hybridized carbons (Fsp3) is 0.306. The molecule has 12 nitrogen and oxygen atoms in total. The molecule has 0 unspecified atom stereocenters. The quantitative estimate of drug-likeness (QED) is 0.284. The average Bonchev–Trinajstić information content (AvgIpc) is 3.82. The summed E-state index contributed by atoms with van der Waals surface area (Å²) in [4.78, 5) is 32.9. The maximum Gasteiger partial charge on any atom is 0.245 e. The average molecular weight is 662 g/mol. The number of rotatable bonds is 4. The molecule has 1 amide bonds. The summed E-state index contributed by atoms with van der Waals surface area (Å²) in [6.07, 6.45) is 3.70. The molecule has 0 radical (unpaired) electrons. The summed E-state index contributed by atoms with van der Waals surface area (Å²) in [5, 5.41) is 9.03. The second kappa shape index (κ2) is 12.2. The van der Waals surface area contributed by atoms with E-state index in [0.29, 0.717) is 43.1 Å². The number of nitrogens with zero attached hydrogens (tertiary/aromatic N) is 8. The van der Waals surface area contributed by atoms with E-state index < -0.39 is 11.9 Å². The summed E-state index contributed by atoms with van der Waals surface area (Å²) >= 11 is 0. The van der Waals surface area contributed by atoms with Gasteiger partial charge in [-0.15, -0.1) is 0 Å². The molecule has 49 heavy (non-hydrogen) atoms. The van der Waals surface area contributed by atoms with E-state index in [1.807, 2.05) is 50.4 Å². The molecule has 4 bridgehead atoms. The van der Waals surface area contributed by atoms with E-state index >= 15 is 0 Å². The largest absolute Gasteiger partial charge is 0.494 e. The van der Waals surface area contributed by atoms with Crippen LogP contribution in [-0.2, 0) is 16.1 Å². The number of carbonyl (C=O) groups excluding carboxylic acids is 1. The Balaban J connectivity index is 1.22. The molecule has 250 valence electrons. The van der Waals surface area contributed by atoms with Crippen LogP contribution < -0.4 is 15.0 Å². The lowest BCUT2D eigenvalue weighted by molar-refractivity contribution is -0.132. The Morgan fingerprint density at radius 2 is 1.84 bits per heavy atom. The number of hydrogen-bond donors (Lipinski definition) is 1. The Kier molecular flexibility index (Phi) is 7.63. The Morgan fingerprint density at radius 1 is 0.980 bits per heavy atom. The van der Waals surface area contributed by atoms with Gasteiger partial charge in [0.25, 0.3) is 0 Å². The van der Waals surface area contributed by atoms with E-state index in [2.05, 4.69) is 30.9 Å². The fourth-order valence-electron chi connectivity index (χ4n) is 7.28. The minimum absolute atomic E-state index is 0.0200. The van der Waals surface area contributed by atoms with E-state index in [9.17, 15) is 9.18 Å². The molecule has 2 aromatic carbocycles. The van der Waals surface area contributed by atoms with Crippen molar-refractivity contribution in [2.24, 2.45) is 0 Å². The predicted octanol–water partition coefficient (Wildman–Crippen LogP) is 4.83. The highest BCUT2D eigenvalue weighted by Crippen LogP contribution is 2.36. The number of amides is 1. The second-order valence-corrected chi connectivity index (χ2v) is 12.6. The van der Waals surface area contributed by atoms with Crippen molar-refractivity contribution in [2.45, 2.75) is 38.1 Å². The first-order chi connectivity index (χ1) is 23.8. The van der Waals surface area contributed by atoms with Gasteiger partial charge in [0.15, 0.2) is 5.65 Å². The minimum Gasteiger partial charge on any atom is -0.494 e. The summed E-state index contributed by atoms with van der Waals surface area (Å²) in [7, 11) is 5.01. The lowest BCUT2D eigenvalue weighted by Gasteiger charge is -2.31. The van der Waals surface area contributed by atoms with Gasteiger partial charge in [-0.25, -0.2) is 24.0 Å². The first-order valence-electron chi connectivity index (χ1n) is 16.2. The van der Waals surface area contributed by atoms with Gasteiger partial charge in [0.1, 0.15) is 34.9 Å². The molecule has 1 saturated heterocycles. The van der Waals surface area contributed by atoms with Gasteiger partial charge in [-0.1, -0.05) is 18.2 Å². The van der Waals surface area contributed by atoms with E-state index in [-0.39, 0.29) is 18.1 Å². The molecule has 4 aromatic heterocycles. The van der Waals surface area contributed by atoms with Crippen molar-refractivity contribution >= 4 is 39.5 Å². The van der Waals surface area contributed by atoms with Crippen LogP contribution in [0.2, 0.25) is 0 Å². The lowest BCUT2D eigenvalue weighted by atomic mass is 10.1. The fourth-order valence-corrected chi connectivity index (χ4v) is 7.28. The topological polar surface area (TPSA) is 115 Å². The third kappa shape index (κ3) is 5.30. The molecular weight excluding hydrogens is 625 g/mol. The molecule has 0 spiro atoms. The number of pyridine rings is 2. The summed E-state index contributed by atoms with van der Waals surface area (Å²) in [5.41, 5.74) is 5.64. The Morgan fingerprint density at radius 3 is 2.67 bits per heavy atom. The number of likely N-dealkylation sites (N-methyl/N-ethyl adjacent to an activating group) is 1. The molecule has 2 aliphatic heterocycles. The zero-order chi connectivity index (χ0) is 33.8. The van der Waals surface area contributed by atoms with Gasteiger partial charge in [0.05, 0.1) is 53.8 Å². The molecule has 13 heteroatoms. The molecule has 0 saturated carbocycles. The molecule has 2 aliphatic rings. The summed E-state index contributed by atoms with van der Waals surface area (Å²) in [6.45, 7) is 3.43. The van der Waals surface area contributed by atoms with Gasteiger partial charge in [-0.3, -0.25) is 4.79 Å². The zero-order valence-electron chi connectivity index (χ0n) is 27.7. The number of anilines is 2. The van der Waals surface area contributed by atoms with Crippen LogP contribution in [0.4, 0.5) is 15.9 Å². The number of imidazole rings is 1. The Labute approximate surface area is 282 Å². The van der Waals surface area contributed by atoms with Crippen molar-refractivity contribution in [3.05, 3.63) is 84.7 Å². The SMILES string of the molecule is COc1cc(F)ccc1-n1ncc2c(N3C[C@@H]4C[C@H]3C(=O)N(C)C[C@@H](OC)Cn3c(C)nc5cccc(c53)-c3cccc(n3)N4)ccnc21. The molecule has 8 rings (SSSR count). The van der Waals surface area contributed by atoms with Crippen LogP contribution >= 0.6 is 0 Å². The number of benzene rings is 2. The minimum atomic E-state index is -0.485. The Hall–Kier alpha value is -5.56. The molecule has 1 fully saturated rings. The van der Waals surface area contributed by atoms with Crippen molar-refractivity contribution in [3.63, 3.8) is 0 Å². The predicted molar refractivity (Wildman–Crippen MR) is 185 cm³/mol. The van der Waals surface area contributed by atoms with Gasteiger partial charge in [-0.05, 0) is 49.7 Å². The number of ether oxygens (including phenoxy) is 2. The van der Waals surface area contributed by atoms with E-state index in [4.69, 9.17) is 19.4 Å². The number of methoxy groups -OCH3 is 2. The molecule has 6 heterocycles. The summed E-state index contributed by atoms with van der Waals surface area (Å²) in [5.74, 6) is 1.49. The first kappa shape index (κ1) is 30.8. The highest BCUT2D eigenvalue weighted by Gasteiger charge is 2.40. The van der Waals surface area contributed by atoms with E-state index in [0.717, 1.165) is 45.0 Å². The maximum absolute atomic E-state index is 14.4. The van der Waals surface area contributed by atoms with Crippen LogP contribution in [0.3, 0.4) is 0 Å². The van der Waals surface area contributed by atoms with E-state index in [1.165, 1.54) is 19.2 Å². The van der Waals surface area contributed by atoms with Crippen LogP contribution in [0.1, 0.15) is 12.2 Å². The van der Waals surface area contributed by atoms with Crippen molar-refractivity contribution < 1.29 is 18.7 Å². The van der Waals surface area contributed by atoms with E-state index in [1.54, 1.807) is 35.2 Å². The third-order valence-electron chi connectivity index (χ3n) is 9.62. The number of carbonyl (C=O) groups is 1. The lowest BCUT2D eigenvalue weighted by Crippen LogP contribution is -2.47. The molecule has 6 aromatic rings. The monoisotopic (exact) mass is 661 g/mol. The third-order valence-corrected chi connectivity index (χ3v) is 9.62. The zero-order valence-corrected chi connectivity index (χ0v) is 27.7. The van der Waals surface area contributed by atoms with Crippen molar-refractivity contribution in [3.8, 4) is 22.7 Å². The van der Waals surface area contributed by atoms with Gasteiger partial charge in [0.2, 0.25) is 5.91 Å². The van der Waals surface area contributed by atoms with Crippen LogP contribution in [0.15, 0.2) is 73.1 Å². The summed E-state index contributed by atoms with van der Waals surface area (Å²) < 4.78 is 29.3. The molecule has 3 atom stereocenters. The smallest absolute Gasteiger partial charge is 0.245 e. The maximum atomic E-state index is 14.4.